The molecule has 0 nitrogen and oxygen atoms in total. The van der Waals surface area contributed by atoms with Crippen LogP contribution in [0, 0.1) is 6.58 Å². The van der Waals surface area contributed by atoms with Crippen LogP contribution in [0.5, 0.6) is 0 Å². The van der Waals surface area contributed by atoms with Crippen LogP contribution in [-0.2, 0) is 17.1 Å². The van der Waals surface area contributed by atoms with Crippen LogP contribution in [0.1, 0.15) is 6.92 Å². The summed E-state index contributed by atoms with van der Waals surface area (Å²) in [6, 6.07) is 0. The summed E-state index contributed by atoms with van der Waals surface area (Å²) in [4.78, 5) is 0. The van der Waals surface area contributed by atoms with Gasteiger partial charge >= 0.3 is 0 Å². The third-order valence-corrected chi connectivity index (χ3v) is 0.304. The molecule has 0 spiro atoms. The maximum absolute atomic E-state index is 4.93. The minimum atomic E-state index is 0. The second-order valence-corrected chi connectivity index (χ2v) is 0.718. The summed E-state index contributed by atoms with van der Waals surface area (Å²) in [5.74, 6) is 0. The Morgan fingerprint density at radius 3 is 2.00 bits per heavy atom. The van der Waals surface area contributed by atoms with Crippen LogP contribution in [0.3, 0.4) is 0 Å². The zero-order valence-electron chi connectivity index (χ0n) is 3.69. The number of hydrogen-bond acceptors (Lipinski definition) is 0. The first-order valence-electron chi connectivity index (χ1n) is 1.58. The fourth-order valence-corrected chi connectivity index (χ4v) is 0.111. The summed E-state index contributed by atoms with van der Waals surface area (Å²) in [5.41, 5.74) is 0. The van der Waals surface area contributed by atoms with E-state index in [0.717, 1.165) is 0 Å². The van der Waals surface area contributed by atoms with Gasteiger partial charge < -0.3 is 0 Å². The van der Waals surface area contributed by atoms with E-state index >= 15 is 0 Å². The van der Waals surface area contributed by atoms with Crippen LogP contribution >= 0.6 is 0 Å². The summed E-state index contributed by atoms with van der Waals surface area (Å²) in [7, 11) is 0. The minimum absolute atomic E-state index is 0. The largest absolute Gasteiger partial charge is 0.293 e. The molecule has 0 saturated carbocycles. The molecule has 35 valence electrons. The van der Waals surface area contributed by atoms with Gasteiger partial charge in [-0.15, -0.1) is 0 Å². The van der Waals surface area contributed by atoms with E-state index < -0.39 is 0 Å². The van der Waals surface area contributed by atoms with Crippen LogP contribution in [0.15, 0.2) is 18.2 Å². The molecule has 0 unspecified atom stereocenters. The number of allylic oxidation sites excluding steroid dienone is 3. The van der Waals surface area contributed by atoms with Crippen LogP contribution < -0.4 is 0 Å². The van der Waals surface area contributed by atoms with Crippen LogP contribution in [-0.4, -0.2) is 0 Å². The Balaban J connectivity index is 0. The first kappa shape index (κ1) is 9.37. The summed E-state index contributed by atoms with van der Waals surface area (Å²) >= 11 is 0. The molecule has 0 aromatic carbocycles. The second-order valence-electron chi connectivity index (χ2n) is 0.718. The van der Waals surface area contributed by atoms with Gasteiger partial charge in [0.2, 0.25) is 0 Å². The molecular weight excluding hydrogens is 115 g/mol. The van der Waals surface area contributed by atoms with E-state index in [-0.39, 0.29) is 17.1 Å². The van der Waals surface area contributed by atoms with E-state index in [2.05, 4.69) is 0 Å². The van der Waals surface area contributed by atoms with Gasteiger partial charge in [0.1, 0.15) is 0 Å². The van der Waals surface area contributed by atoms with E-state index in [1.807, 2.05) is 13.0 Å². The molecule has 6 heavy (non-hydrogen) atoms. The van der Waals surface area contributed by atoms with E-state index in [9.17, 15) is 0 Å². The Morgan fingerprint density at radius 2 is 2.00 bits per heavy atom. The Labute approximate surface area is 49.4 Å². The Kier molecular flexibility index (Phi) is 13.9. The molecular formula is C5H7Mn-. The molecule has 0 fully saturated rings. The number of rotatable bonds is 1. The molecule has 0 saturated heterocycles. The van der Waals surface area contributed by atoms with Gasteiger partial charge in [0.05, 0.1) is 0 Å². The fraction of sp³-hybridized carbons (Fsp3) is 0.200. The third-order valence-electron chi connectivity index (χ3n) is 0.304. The van der Waals surface area contributed by atoms with E-state index in [0.29, 0.717) is 0 Å². The summed E-state index contributed by atoms with van der Waals surface area (Å²) in [6.45, 7) is 6.85. The zero-order chi connectivity index (χ0) is 4.12. The molecule has 0 atom stereocenters. The van der Waals surface area contributed by atoms with Crippen molar-refractivity contribution in [1.29, 1.82) is 0 Å². The van der Waals surface area contributed by atoms with Gasteiger partial charge in [-0.05, 0) is 0 Å². The van der Waals surface area contributed by atoms with Crippen molar-refractivity contribution in [2.45, 2.75) is 6.92 Å². The van der Waals surface area contributed by atoms with Crippen molar-refractivity contribution >= 4 is 0 Å². The van der Waals surface area contributed by atoms with Crippen molar-refractivity contribution in [3.8, 4) is 0 Å². The molecule has 1 heteroatoms. The molecule has 0 rings (SSSR count). The van der Waals surface area contributed by atoms with E-state index in [1.54, 1.807) is 6.08 Å². The Bertz CT molecular complexity index is 45.9. The first-order chi connectivity index (χ1) is 2.41. The van der Waals surface area contributed by atoms with Gasteiger partial charge in [0.25, 0.3) is 0 Å². The molecule has 0 amide bonds. The molecule has 0 heterocycles. The van der Waals surface area contributed by atoms with Gasteiger partial charge in [0.15, 0.2) is 0 Å². The average molecular weight is 122 g/mol. The van der Waals surface area contributed by atoms with Crippen LogP contribution in [0.4, 0.5) is 0 Å². The smallest absolute Gasteiger partial charge is 0 e. The van der Waals surface area contributed by atoms with E-state index in [4.69, 9.17) is 6.58 Å². The molecule has 0 N–H and O–H groups in total. The monoisotopic (exact) mass is 122 g/mol. The SMILES string of the molecule is [CH-]=C/C=C/C.[Mn]. The summed E-state index contributed by atoms with van der Waals surface area (Å²) in [5, 5.41) is 0. The quantitative estimate of drug-likeness (QED) is 0.281. The van der Waals surface area contributed by atoms with Crippen molar-refractivity contribution in [1.82, 2.24) is 0 Å². The Hall–Kier alpha value is -0.000519. The normalized spacial score (nSPS) is 7.50. The number of hydrogen-bond donors (Lipinski definition) is 0. The molecule has 0 aliphatic carbocycles. The molecule has 0 aromatic rings. The van der Waals surface area contributed by atoms with Crippen molar-refractivity contribution in [3.05, 3.63) is 24.8 Å². The van der Waals surface area contributed by atoms with Gasteiger partial charge in [-0.3, -0.25) is 6.58 Å². The van der Waals surface area contributed by atoms with Crippen LogP contribution in [0.2, 0.25) is 0 Å². The topological polar surface area (TPSA) is 0 Å². The average Bonchev–Trinajstić information content (AvgIpc) is 1.41. The van der Waals surface area contributed by atoms with E-state index in [1.165, 1.54) is 6.08 Å². The molecule has 0 aliphatic rings. The van der Waals surface area contributed by atoms with Crippen LogP contribution in [0.25, 0.3) is 0 Å². The predicted molar refractivity (Wildman–Crippen MR) is 23.7 cm³/mol. The van der Waals surface area contributed by atoms with Gasteiger partial charge in [-0.2, -0.15) is 6.08 Å². The summed E-state index contributed by atoms with van der Waals surface area (Å²) < 4.78 is 0. The van der Waals surface area contributed by atoms with Crippen molar-refractivity contribution in [3.63, 3.8) is 0 Å². The van der Waals surface area contributed by atoms with Crippen molar-refractivity contribution < 1.29 is 17.1 Å². The molecule has 0 aliphatic heterocycles. The fourth-order valence-electron chi connectivity index (χ4n) is 0.111. The standard InChI is InChI=1S/C5H7.Mn/c1-3-5-4-2;/h1,3-5H,2H3;/q-1;/b5-4+;. The predicted octanol–water partition coefficient (Wildman–Crippen LogP) is 1.55. The molecule has 1 radical (unpaired) electrons. The summed E-state index contributed by atoms with van der Waals surface area (Å²) in [6.07, 6.45) is 5.15. The maximum atomic E-state index is 4.93. The van der Waals surface area contributed by atoms with Gasteiger partial charge in [-0.25, -0.2) is 12.2 Å². The van der Waals surface area contributed by atoms with Gasteiger partial charge in [0, 0.05) is 17.1 Å². The zero-order valence-corrected chi connectivity index (χ0v) is 4.87. The first-order valence-corrected chi connectivity index (χ1v) is 1.58. The van der Waals surface area contributed by atoms with Gasteiger partial charge in [-0.1, -0.05) is 6.92 Å². The van der Waals surface area contributed by atoms with Crippen molar-refractivity contribution in [2.75, 3.05) is 0 Å². The van der Waals surface area contributed by atoms with Crippen molar-refractivity contribution in [2.24, 2.45) is 0 Å². The molecule has 0 aromatic heterocycles. The maximum Gasteiger partial charge on any atom is 0 e. The molecule has 0 bridgehead atoms. The third kappa shape index (κ3) is 9.00. The Morgan fingerprint density at radius 1 is 1.50 bits per heavy atom. The second kappa shape index (κ2) is 8.89. The minimum Gasteiger partial charge on any atom is -0.293 e.